The zero-order valence-electron chi connectivity index (χ0n) is 13.7. The van der Waals surface area contributed by atoms with E-state index in [0.29, 0.717) is 16.0 Å². The molecule has 4 rings (SSSR count). The number of nitrogens with zero attached hydrogens (tertiary/aromatic N) is 3. The van der Waals surface area contributed by atoms with E-state index in [1.54, 1.807) is 29.5 Å². The highest BCUT2D eigenvalue weighted by molar-refractivity contribution is 7.15. The number of rotatable bonds is 3. The fourth-order valence-electron chi connectivity index (χ4n) is 3.11. The number of amides is 1. The first-order valence-corrected chi connectivity index (χ1v) is 9.25. The average Bonchev–Trinajstić information content (AvgIpc) is 2.85. The lowest BCUT2D eigenvalue weighted by molar-refractivity contribution is -0.116. The van der Waals surface area contributed by atoms with Crippen molar-refractivity contribution in [2.24, 2.45) is 0 Å². The van der Waals surface area contributed by atoms with Gasteiger partial charge in [0.2, 0.25) is 5.91 Å². The van der Waals surface area contributed by atoms with Crippen LogP contribution in [0.5, 0.6) is 0 Å². The molecular weight excluding hydrogens is 336 g/mol. The molecule has 1 N–H and O–H groups in total. The van der Waals surface area contributed by atoms with Crippen LogP contribution in [0.3, 0.4) is 0 Å². The van der Waals surface area contributed by atoms with E-state index in [2.05, 4.69) is 15.3 Å². The molecule has 0 bridgehead atoms. The van der Waals surface area contributed by atoms with Crippen molar-refractivity contribution in [1.82, 2.24) is 14.5 Å². The van der Waals surface area contributed by atoms with Gasteiger partial charge in [-0.3, -0.25) is 14.2 Å². The Hall–Kier alpha value is -2.54. The maximum Gasteiger partial charge on any atom is 0.261 e. The highest BCUT2D eigenvalue weighted by Gasteiger charge is 2.16. The molecule has 0 aliphatic heterocycles. The third kappa shape index (κ3) is 3.32. The Balaban J connectivity index is 1.51. The summed E-state index contributed by atoms with van der Waals surface area (Å²) in [4.78, 5) is 34.8. The molecule has 0 spiro atoms. The third-order valence-electron chi connectivity index (χ3n) is 4.39. The SMILES string of the molecule is O=C(Cn1cnc2ccccc2c1=O)Nc1nc2c(s1)CCCCC2. The number of anilines is 1. The number of hydrogen-bond acceptors (Lipinski definition) is 5. The minimum atomic E-state index is -0.261. The summed E-state index contributed by atoms with van der Waals surface area (Å²) in [6.45, 7) is -0.0685. The second-order valence-corrected chi connectivity index (χ2v) is 7.28. The van der Waals surface area contributed by atoms with Crippen LogP contribution in [0.15, 0.2) is 35.4 Å². The first kappa shape index (κ1) is 16.0. The maximum absolute atomic E-state index is 12.4. The van der Waals surface area contributed by atoms with Crippen LogP contribution in [0.2, 0.25) is 0 Å². The zero-order chi connectivity index (χ0) is 17.2. The summed E-state index contributed by atoms with van der Waals surface area (Å²) in [5.41, 5.74) is 1.53. The number of thiazole rings is 1. The Morgan fingerprint density at radius 2 is 2.04 bits per heavy atom. The average molecular weight is 354 g/mol. The van der Waals surface area contributed by atoms with Crippen molar-refractivity contribution < 1.29 is 4.79 Å². The molecule has 25 heavy (non-hydrogen) atoms. The molecule has 0 radical (unpaired) electrons. The van der Waals surface area contributed by atoms with Gasteiger partial charge in [-0.2, -0.15) is 0 Å². The Kier molecular flexibility index (Phi) is 4.31. The monoisotopic (exact) mass is 354 g/mol. The van der Waals surface area contributed by atoms with Crippen LogP contribution in [-0.4, -0.2) is 20.4 Å². The molecule has 2 aromatic heterocycles. The molecule has 0 fully saturated rings. The van der Waals surface area contributed by atoms with Crippen molar-refractivity contribution in [1.29, 1.82) is 0 Å². The van der Waals surface area contributed by atoms with E-state index in [-0.39, 0.29) is 18.0 Å². The Morgan fingerprint density at radius 3 is 2.96 bits per heavy atom. The summed E-state index contributed by atoms with van der Waals surface area (Å²) >= 11 is 1.55. The van der Waals surface area contributed by atoms with Gasteiger partial charge in [0.05, 0.1) is 22.9 Å². The van der Waals surface area contributed by atoms with E-state index in [4.69, 9.17) is 0 Å². The molecule has 0 atom stereocenters. The van der Waals surface area contributed by atoms with Crippen LogP contribution in [-0.2, 0) is 24.2 Å². The number of carbonyl (C=O) groups excluding carboxylic acids is 1. The molecule has 1 aliphatic carbocycles. The second-order valence-electron chi connectivity index (χ2n) is 6.19. The summed E-state index contributed by atoms with van der Waals surface area (Å²) in [5, 5.41) is 3.96. The lowest BCUT2D eigenvalue weighted by Gasteiger charge is -2.06. The van der Waals surface area contributed by atoms with Crippen molar-refractivity contribution in [3.8, 4) is 0 Å². The minimum Gasteiger partial charge on any atom is -0.300 e. The molecule has 1 aliphatic rings. The summed E-state index contributed by atoms with van der Waals surface area (Å²) < 4.78 is 1.33. The Morgan fingerprint density at radius 1 is 1.20 bits per heavy atom. The Labute approximate surface area is 148 Å². The normalized spacial score (nSPS) is 14.1. The molecule has 0 saturated carbocycles. The van der Waals surface area contributed by atoms with Gasteiger partial charge in [0, 0.05) is 4.88 Å². The summed E-state index contributed by atoms with van der Waals surface area (Å²) in [5.74, 6) is -0.261. The van der Waals surface area contributed by atoms with E-state index in [0.717, 1.165) is 25.0 Å². The van der Waals surface area contributed by atoms with Gasteiger partial charge in [0.15, 0.2) is 5.13 Å². The molecule has 1 amide bonds. The van der Waals surface area contributed by atoms with Crippen LogP contribution in [0.1, 0.15) is 29.8 Å². The van der Waals surface area contributed by atoms with Crippen molar-refractivity contribution >= 4 is 33.3 Å². The number of fused-ring (bicyclic) bond motifs is 2. The molecule has 7 heteroatoms. The first-order chi connectivity index (χ1) is 12.2. The van der Waals surface area contributed by atoms with Crippen LogP contribution >= 0.6 is 11.3 Å². The van der Waals surface area contributed by atoms with Gasteiger partial charge in [0.1, 0.15) is 6.54 Å². The zero-order valence-corrected chi connectivity index (χ0v) is 14.5. The van der Waals surface area contributed by atoms with E-state index in [9.17, 15) is 9.59 Å². The number of nitrogens with one attached hydrogen (secondary N) is 1. The van der Waals surface area contributed by atoms with Gasteiger partial charge in [-0.15, -0.1) is 11.3 Å². The molecule has 3 aromatic rings. The van der Waals surface area contributed by atoms with Gasteiger partial charge >= 0.3 is 0 Å². The van der Waals surface area contributed by atoms with Gasteiger partial charge in [0.25, 0.3) is 5.56 Å². The van der Waals surface area contributed by atoms with Gasteiger partial charge in [-0.05, 0) is 37.8 Å². The predicted octanol–water partition coefficient (Wildman–Crippen LogP) is 2.76. The number of carbonyl (C=O) groups is 1. The van der Waals surface area contributed by atoms with Crippen LogP contribution < -0.4 is 10.9 Å². The Bertz CT molecular complexity index is 969. The molecular formula is C18H18N4O2S. The maximum atomic E-state index is 12.4. The summed E-state index contributed by atoms with van der Waals surface area (Å²) in [6.07, 6.45) is 7.01. The van der Waals surface area contributed by atoms with Crippen molar-refractivity contribution in [3.63, 3.8) is 0 Å². The van der Waals surface area contributed by atoms with Crippen molar-refractivity contribution in [2.75, 3.05) is 5.32 Å². The number of aryl methyl sites for hydroxylation is 2. The molecule has 2 heterocycles. The van der Waals surface area contributed by atoms with Gasteiger partial charge in [-0.25, -0.2) is 9.97 Å². The topological polar surface area (TPSA) is 76.9 Å². The van der Waals surface area contributed by atoms with Crippen molar-refractivity contribution in [3.05, 3.63) is 51.5 Å². The first-order valence-electron chi connectivity index (χ1n) is 8.43. The van der Waals surface area contributed by atoms with Gasteiger partial charge in [-0.1, -0.05) is 18.6 Å². The van der Waals surface area contributed by atoms with Crippen LogP contribution in [0.4, 0.5) is 5.13 Å². The standard InChI is InChI=1S/C18H18N4O2S/c23-16(21-18-20-14-8-2-1-3-9-15(14)25-18)10-22-11-19-13-7-5-4-6-12(13)17(22)24/h4-7,11H,1-3,8-10H2,(H,20,21,23). The van der Waals surface area contributed by atoms with E-state index in [1.807, 2.05) is 6.07 Å². The van der Waals surface area contributed by atoms with Crippen LogP contribution in [0.25, 0.3) is 10.9 Å². The van der Waals surface area contributed by atoms with E-state index in [1.165, 1.54) is 28.6 Å². The highest BCUT2D eigenvalue weighted by atomic mass is 32.1. The second kappa shape index (κ2) is 6.76. The number of aromatic nitrogens is 3. The third-order valence-corrected chi connectivity index (χ3v) is 5.46. The number of para-hydroxylation sites is 1. The van der Waals surface area contributed by atoms with Gasteiger partial charge < -0.3 is 5.32 Å². The largest absolute Gasteiger partial charge is 0.300 e. The predicted molar refractivity (Wildman–Crippen MR) is 98.0 cm³/mol. The van der Waals surface area contributed by atoms with E-state index >= 15 is 0 Å². The molecule has 1 aromatic carbocycles. The molecule has 6 nitrogen and oxygen atoms in total. The molecule has 128 valence electrons. The van der Waals surface area contributed by atoms with Crippen molar-refractivity contribution in [2.45, 2.75) is 38.6 Å². The molecule has 0 saturated heterocycles. The fraction of sp³-hybridized carbons (Fsp3) is 0.333. The lowest BCUT2D eigenvalue weighted by Crippen LogP contribution is -2.27. The molecule has 0 unspecified atom stereocenters. The summed E-state index contributed by atoms with van der Waals surface area (Å²) in [6, 6.07) is 7.12. The highest BCUT2D eigenvalue weighted by Crippen LogP contribution is 2.28. The smallest absolute Gasteiger partial charge is 0.261 e. The number of benzene rings is 1. The lowest BCUT2D eigenvalue weighted by atomic mass is 10.2. The quantitative estimate of drug-likeness (QED) is 0.734. The fourth-order valence-corrected chi connectivity index (χ4v) is 4.18. The van der Waals surface area contributed by atoms with E-state index < -0.39 is 0 Å². The number of hydrogen-bond donors (Lipinski definition) is 1. The minimum absolute atomic E-state index is 0.0685. The summed E-state index contributed by atoms with van der Waals surface area (Å²) in [7, 11) is 0. The van der Waals surface area contributed by atoms with Crippen LogP contribution in [0, 0.1) is 0 Å².